The minimum absolute atomic E-state index is 0.326. The number of likely N-dealkylation sites (tertiary alicyclic amines) is 2. The van der Waals surface area contributed by atoms with Crippen LogP contribution in [0.2, 0.25) is 0 Å². The van der Waals surface area contributed by atoms with Gasteiger partial charge in [-0.25, -0.2) is 0 Å². The maximum Gasteiger partial charge on any atom is 0.222 e. The number of aromatic nitrogens is 1. The Kier molecular flexibility index (Phi) is 5.44. The number of hydrogen-bond acceptors (Lipinski definition) is 4. The van der Waals surface area contributed by atoms with Crippen LogP contribution in [0.25, 0.3) is 10.9 Å². The summed E-state index contributed by atoms with van der Waals surface area (Å²) in [5.41, 5.74) is 3.36. The molecule has 2 aliphatic heterocycles. The predicted molar refractivity (Wildman–Crippen MR) is 114 cm³/mol. The molecule has 28 heavy (non-hydrogen) atoms. The number of pyridine rings is 1. The summed E-state index contributed by atoms with van der Waals surface area (Å²) in [6.45, 7) is 6.07. The Morgan fingerprint density at radius 1 is 1.25 bits per heavy atom. The zero-order valence-electron chi connectivity index (χ0n) is 17.1. The number of benzene rings is 1. The highest BCUT2D eigenvalue weighted by molar-refractivity contribution is 5.99. The van der Waals surface area contributed by atoms with Gasteiger partial charge in [-0.05, 0) is 36.9 Å². The second-order valence-corrected chi connectivity index (χ2v) is 8.66. The molecular formula is C23H30N4O. The van der Waals surface area contributed by atoms with E-state index < -0.39 is 0 Å². The molecule has 0 N–H and O–H groups in total. The highest BCUT2D eigenvalue weighted by Gasteiger charge is 2.33. The second kappa shape index (κ2) is 8.00. The van der Waals surface area contributed by atoms with E-state index in [1.807, 2.05) is 18.5 Å². The standard InChI is InChI=1S/C23H30N4O/c1-16-9-19(15-27(12-16)22(28)10-17-13-26(3)14-17)20-7-6-18(11-24-2)23-21(20)5-4-8-25-23/h4-8,11,16-17,19H,9-10,12-15H2,1-3H3/t16-,19+/m1/s1. The molecule has 0 bridgehead atoms. The first-order valence-electron chi connectivity index (χ1n) is 10.3. The van der Waals surface area contributed by atoms with Gasteiger partial charge >= 0.3 is 0 Å². The van der Waals surface area contributed by atoms with E-state index in [0.29, 0.717) is 30.1 Å². The molecule has 2 saturated heterocycles. The first kappa shape index (κ1) is 19.1. The van der Waals surface area contributed by atoms with E-state index in [0.717, 1.165) is 43.7 Å². The molecule has 2 atom stereocenters. The van der Waals surface area contributed by atoms with Crippen LogP contribution in [0.3, 0.4) is 0 Å². The van der Waals surface area contributed by atoms with Crippen molar-refractivity contribution in [2.75, 3.05) is 40.3 Å². The zero-order valence-corrected chi connectivity index (χ0v) is 17.1. The van der Waals surface area contributed by atoms with Crippen molar-refractivity contribution in [3.8, 4) is 0 Å². The highest BCUT2D eigenvalue weighted by Crippen LogP contribution is 2.35. The average Bonchev–Trinajstić information content (AvgIpc) is 2.66. The summed E-state index contributed by atoms with van der Waals surface area (Å²) >= 11 is 0. The van der Waals surface area contributed by atoms with Crippen molar-refractivity contribution < 1.29 is 4.79 Å². The van der Waals surface area contributed by atoms with Crippen LogP contribution in [0, 0.1) is 11.8 Å². The summed E-state index contributed by atoms with van der Waals surface area (Å²) in [5, 5.41) is 1.19. The molecule has 0 radical (unpaired) electrons. The van der Waals surface area contributed by atoms with E-state index in [9.17, 15) is 4.79 Å². The molecule has 148 valence electrons. The maximum atomic E-state index is 12.9. The molecule has 2 fully saturated rings. The van der Waals surface area contributed by atoms with Gasteiger partial charge in [-0.1, -0.05) is 25.1 Å². The summed E-state index contributed by atoms with van der Waals surface area (Å²) in [4.78, 5) is 26.1. The van der Waals surface area contributed by atoms with Crippen LogP contribution >= 0.6 is 0 Å². The van der Waals surface area contributed by atoms with Crippen LogP contribution in [0.1, 0.15) is 36.8 Å². The van der Waals surface area contributed by atoms with Gasteiger partial charge in [0.05, 0.1) is 5.52 Å². The lowest BCUT2D eigenvalue weighted by Gasteiger charge is -2.40. The average molecular weight is 379 g/mol. The fourth-order valence-electron chi connectivity index (χ4n) is 4.93. The molecule has 0 unspecified atom stereocenters. The lowest BCUT2D eigenvalue weighted by molar-refractivity contribution is -0.135. The summed E-state index contributed by atoms with van der Waals surface area (Å²) in [7, 11) is 3.90. The number of nitrogens with zero attached hydrogens (tertiary/aromatic N) is 4. The maximum absolute atomic E-state index is 12.9. The van der Waals surface area contributed by atoms with Crippen LogP contribution in [0.15, 0.2) is 35.5 Å². The van der Waals surface area contributed by atoms with Gasteiger partial charge in [-0.2, -0.15) is 0 Å². The smallest absolute Gasteiger partial charge is 0.222 e. The largest absolute Gasteiger partial charge is 0.342 e. The third kappa shape index (κ3) is 3.81. The molecule has 1 aromatic carbocycles. The minimum Gasteiger partial charge on any atom is -0.342 e. The number of aliphatic imine (C=N–C) groups is 1. The van der Waals surface area contributed by atoms with Gasteiger partial charge in [0.25, 0.3) is 0 Å². The van der Waals surface area contributed by atoms with Gasteiger partial charge in [-0.15, -0.1) is 0 Å². The van der Waals surface area contributed by atoms with Crippen LogP contribution in [-0.2, 0) is 4.79 Å². The van der Waals surface area contributed by atoms with Crippen LogP contribution in [-0.4, -0.2) is 67.2 Å². The SMILES string of the molecule is CN=Cc1ccc([C@H]2C[C@@H](C)CN(C(=O)CC3CN(C)C3)C2)c2cccnc12. The first-order chi connectivity index (χ1) is 13.5. The fraction of sp³-hybridized carbons (Fsp3) is 0.522. The van der Waals surface area contributed by atoms with E-state index in [-0.39, 0.29) is 0 Å². The number of carbonyl (C=O) groups excluding carboxylic acids is 1. The van der Waals surface area contributed by atoms with Crippen LogP contribution in [0.4, 0.5) is 0 Å². The molecular weight excluding hydrogens is 348 g/mol. The van der Waals surface area contributed by atoms with E-state index in [1.165, 1.54) is 10.9 Å². The second-order valence-electron chi connectivity index (χ2n) is 8.66. The van der Waals surface area contributed by atoms with Crippen molar-refractivity contribution in [1.82, 2.24) is 14.8 Å². The monoisotopic (exact) mass is 378 g/mol. The summed E-state index contributed by atoms with van der Waals surface area (Å²) in [5.74, 6) is 1.73. The van der Waals surface area contributed by atoms with Crippen molar-refractivity contribution in [3.63, 3.8) is 0 Å². The summed E-state index contributed by atoms with van der Waals surface area (Å²) in [6.07, 6.45) is 5.52. The molecule has 0 aliphatic carbocycles. The summed E-state index contributed by atoms with van der Waals surface area (Å²) < 4.78 is 0. The van der Waals surface area contributed by atoms with Crippen molar-refractivity contribution in [3.05, 3.63) is 41.6 Å². The molecule has 1 aromatic heterocycles. The van der Waals surface area contributed by atoms with E-state index in [2.05, 4.69) is 51.9 Å². The number of piperidine rings is 1. The Morgan fingerprint density at radius 2 is 2.07 bits per heavy atom. The zero-order chi connectivity index (χ0) is 19.7. The van der Waals surface area contributed by atoms with Gasteiger partial charge in [0.1, 0.15) is 0 Å². The molecule has 0 spiro atoms. The van der Waals surface area contributed by atoms with Crippen molar-refractivity contribution >= 4 is 23.0 Å². The van der Waals surface area contributed by atoms with Crippen molar-refractivity contribution in [1.29, 1.82) is 0 Å². The lowest BCUT2D eigenvalue weighted by atomic mass is 9.83. The Hall–Kier alpha value is -2.27. The van der Waals surface area contributed by atoms with Gasteiger partial charge in [0, 0.05) is 68.9 Å². The normalized spacial score (nSPS) is 24.0. The first-order valence-corrected chi connectivity index (χ1v) is 10.3. The molecule has 1 amide bonds. The molecule has 5 nitrogen and oxygen atoms in total. The predicted octanol–water partition coefficient (Wildman–Crippen LogP) is 3.19. The van der Waals surface area contributed by atoms with Crippen molar-refractivity contribution in [2.45, 2.75) is 25.7 Å². The number of fused-ring (bicyclic) bond motifs is 1. The third-order valence-corrected chi connectivity index (χ3v) is 6.16. The molecule has 0 saturated carbocycles. The molecule has 4 rings (SSSR count). The molecule has 5 heteroatoms. The number of hydrogen-bond donors (Lipinski definition) is 0. The van der Waals surface area contributed by atoms with Crippen molar-refractivity contribution in [2.24, 2.45) is 16.8 Å². The van der Waals surface area contributed by atoms with Crippen LogP contribution in [0.5, 0.6) is 0 Å². The van der Waals surface area contributed by atoms with Gasteiger partial charge in [0.15, 0.2) is 0 Å². The topological polar surface area (TPSA) is 48.8 Å². The Morgan fingerprint density at radius 3 is 2.82 bits per heavy atom. The number of carbonyl (C=O) groups is 1. The molecule has 2 aliphatic rings. The number of amides is 1. The summed E-state index contributed by atoms with van der Waals surface area (Å²) in [6, 6.07) is 8.49. The van der Waals surface area contributed by atoms with Gasteiger partial charge < -0.3 is 9.80 Å². The quantitative estimate of drug-likeness (QED) is 0.768. The fourth-order valence-corrected chi connectivity index (χ4v) is 4.93. The van der Waals surface area contributed by atoms with Gasteiger partial charge in [-0.3, -0.25) is 14.8 Å². The third-order valence-electron chi connectivity index (χ3n) is 6.16. The minimum atomic E-state index is 0.326. The Balaban J connectivity index is 1.58. The molecule has 3 heterocycles. The van der Waals surface area contributed by atoms with Gasteiger partial charge in [0.2, 0.25) is 5.91 Å². The van der Waals surface area contributed by atoms with Crippen LogP contribution < -0.4 is 0 Å². The van der Waals surface area contributed by atoms with E-state index >= 15 is 0 Å². The highest BCUT2D eigenvalue weighted by atomic mass is 16.2. The Labute approximate surface area is 167 Å². The Bertz CT molecular complexity index is 887. The molecule has 2 aromatic rings. The number of rotatable bonds is 4. The van der Waals surface area contributed by atoms with E-state index in [1.54, 1.807) is 7.05 Å². The lowest BCUT2D eigenvalue weighted by Crippen LogP contribution is -2.48. The van der Waals surface area contributed by atoms with E-state index in [4.69, 9.17) is 0 Å².